The number of carbonyl (C=O) groups is 1. The largest absolute Gasteiger partial charge is 0.417 e. The molecule has 0 radical (unpaired) electrons. The Labute approximate surface area is 167 Å². The molecule has 2 aromatic rings. The first-order valence-corrected chi connectivity index (χ1v) is 9.56. The molecule has 1 atom stereocenters. The van der Waals surface area contributed by atoms with Crippen LogP contribution in [0.2, 0.25) is 0 Å². The van der Waals surface area contributed by atoms with Gasteiger partial charge in [-0.2, -0.15) is 13.2 Å². The second-order valence-electron chi connectivity index (χ2n) is 7.68. The van der Waals surface area contributed by atoms with Crippen LogP contribution in [0, 0.1) is 5.82 Å². The van der Waals surface area contributed by atoms with Crippen molar-refractivity contribution >= 4 is 5.91 Å². The summed E-state index contributed by atoms with van der Waals surface area (Å²) in [5, 5.41) is 2.75. The number of benzene rings is 2. The molecule has 2 aromatic carbocycles. The molecule has 3 rings (SSSR count). The van der Waals surface area contributed by atoms with E-state index in [0.29, 0.717) is 0 Å². The number of hydrogen-bond acceptors (Lipinski definition) is 2. The van der Waals surface area contributed by atoms with E-state index in [9.17, 15) is 22.4 Å². The van der Waals surface area contributed by atoms with Gasteiger partial charge in [0.05, 0.1) is 17.2 Å². The molecule has 0 saturated heterocycles. The quantitative estimate of drug-likeness (QED) is 0.691. The number of hydrogen-bond donors (Lipinski definition) is 1. The molecule has 0 aliphatic heterocycles. The maximum absolute atomic E-state index is 14.3. The first-order valence-electron chi connectivity index (χ1n) is 9.56. The highest BCUT2D eigenvalue weighted by atomic mass is 19.4. The number of rotatable bonds is 5. The monoisotopic (exact) mass is 408 g/mol. The van der Waals surface area contributed by atoms with Crippen molar-refractivity contribution in [1.82, 2.24) is 10.2 Å². The van der Waals surface area contributed by atoms with E-state index in [1.54, 1.807) is 0 Å². The van der Waals surface area contributed by atoms with Crippen LogP contribution in [0.3, 0.4) is 0 Å². The predicted octanol–water partition coefficient (Wildman–Crippen LogP) is 5.19. The lowest BCUT2D eigenvalue weighted by molar-refractivity contribution is -0.138. The molecule has 1 fully saturated rings. The molecular formula is C22H24F4N2O. The first kappa shape index (κ1) is 21.3. The van der Waals surface area contributed by atoms with E-state index in [1.165, 1.54) is 0 Å². The van der Waals surface area contributed by atoms with E-state index in [2.05, 4.69) is 5.32 Å². The van der Waals surface area contributed by atoms with Gasteiger partial charge in [-0.3, -0.25) is 4.79 Å². The van der Waals surface area contributed by atoms with Crippen LogP contribution in [-0.4, -0.2) is 30.4 Å². The second-order valence-corrected chi connectivity index (χ2v) is 7.68. The minimum absolute atomic E-state index is 0.458. The smallest absolute Gasteiger partial charge is 0.343 e. The summed E-state index contributed by atoms with van der Waals surface area (Å²) >= 11 is 0. The van der Waals surface area contributed by atoms with Gasteiger partial charge in [-0.25, -0.2) is 4.39 Å². The molecule has 1 N–H and O–H groups in total. The Balaban J connectivity index is 2.06. The zero-order valence-corrected chi connectivity index (χ0v) is 16.4. The standard InChI is InChI=1S/C22H24F4N2O/c1-28(2)21(13-6-7-14-21)19(15-9-4-3-5-10-15)27-20(29)18-16(22(24,25)26)11-8-12-17(18)23/h3-5,8-12,19H,6-7,13-14H2,1-2H3,(H,27,29). The summed E-state index contributed by atoms with van der Waals surface area (Å²) in [6, 6.07) is 11.1. The van der Waals surface area contributed by atoms with E-state index in [4.69, 9.17) is 0 Å². The van der Waals surface area contributed by atoms with Gasteiger partial charge in [0.1, 0.15) is 5.82 Å². The van der Waals surface area contributed by atoms with Crippen LogP contribution in [-0.2, 0) is 6.18 Å². The summed E-state index contributed by atoms with van der Waals surface area (Å²) in [4.78, 5) is 15.0. The van der Waals surface area contributed by atoms with Crippen molar-refractivity contribution in [1.29, 1.82) is 0 Å². The van der Waals surface area contributed by atoms with Crippen molar-refractivity contribution < 1.29 is 22.4 Å². The summed E-state index contributed by atoms with van der Waals surface area (Å²) < 4.78 is 54.5. The van der Waals surface area contributed by atoms with Crippen LogP contribution >= 0.6 is 0 Å². The molecule has 0 heterocycles. The third kappa shape index (κ3) is 4.15. The van der Waals surface area contributed by atoms with E-state index < -0.39 is 40.6 Å². The summed E-state index contributed by atoms with van der Waals surface area (Å²) in [6.07, 6.45) is -1.37. The lowest BCUT2D eigenvalue weighted by Crippen LogP contribution is -2.53. The summed E-state index contributed by atoms with van der Waals surface area (Å²) in [5.41, 5.74) is -1.91. The van der Waals surface area contributed by atoms with Gasteiger partial charge in [0.25, 0.3) is 5.91 Å². The summed E-state index contributed by atoms with van der Waals surface area (Å²) in [6.45, 7) is 0. The van der Waals surface area contributed by atoms with Crippen molar-refractivity contribution in [2.24, 2.45) is 0 Å². The Morgan fingerprint density at radius 2 is 1.66 bits per heavy atom. The van der Waals surface area contributed by atoms with Crippen LogP contribution in [0.25, 0.3) is 0 Å². The number of amides is 1. The van der Waals surface area contributed by atoms with Crippen LogP contribution in [0.15, 0.2) is 48.5 Å². The number of halogens is 4. The van der Waals surface area contributed by atoms with Gasteiger partial charge in [-0.15, -0.1) is 0 Å². The van der Waals surface area contributed by atoms with Gasteiger partial charge in [0, 0.05) is 5.54 Å². The maximum Gasteiger partial charge on any atom is 0.417 e. The van der Waals surface area contributed by atoms with E-state index in [1.807, 2.05) is 49.3 Å². The fourth-order valence-electron chi connectivity index (χ4n) is 4.35. The molecule has 156 valence electrons. The van der Waals surface area contributed by atoms with Gasteiger partial charge in [0.15, 0.2) is 0 Å². The molecule has 1 amide bonds. The summed E-state index contributed by atoms with van der Waals surface area (Å²) in [5.74, 6) is -2.24. The van der Waals surface area contributed by atoms with Gasteiger partial charge in [0.2, 0.25) is 0 Å². The van der Waals surface area contributed by atoms with E-state index in [0.717, 1.165) is 49.4 Å². The van der Waals surface area contributed by atoms with Crippen LogP contribution in [0.5, 0.6) is 0 Å². The number of alkyl halides is 3. The highest BCUT2D eigenvalue weighted by molar-refractivity contribution is 5.96. The number of carbonyl (C=O) groups excluding carboxylic acids is 1. The molecule has 0 aromatic heterocycles. The maximum atomic E-state index is 14.3. The normalized spacial score (nSPS) is 17.3. The third-order valence-electron chi connectivity index (χ3n) is 5.85. The molecule has 7 heteroatoms. The van der Waals surface area contributed by atoms with Crippen LogP contribution in [0.1, 0.15) is 53.2 Å². The molecule has 1 aliphatic carbocycles. The zero-order chi connectivity index (χ0) is 21.2. The van der Waals surface area contributed by atoms with Crippen LogP contribution in [0.4, 0.5) is 17.6 Å². The Hall–Kier alpha value is -2.41. The molecule has 3 nitrogen and oxygen atoms in total. The van der Waals surface area contributed by atoms with Crippen LogP contribution < -0.4 is 5.32 Å². The Kier molecular flexibility index (Phi) is 5.98. The highest BCUT2D eigenvalue weighted by Gasteiger charge is 2.45. The molecule has 29 heavy (non-hydrogen) atoms. The lowest BCUT2D eigenvalue weighted by Gasteiger charge is -2.44. The van der Waals surface area contributed by atoms with Crippen molar-refractivity contribution in [3.05, 3.63) is 71.0 Å². The van der Waals surface area contributed by atoms with Crippen molar-refractivity contribution in [3.8, 4) is 0 Å². The number of nitrogens with zero attached hydrogens (tertiary/aromatic N) is 1. The highest BCUT2D eigenvalue weighted by Crippen LogP contribution is 2.44. The van der Waals surface area contributed by atoms with Crippen molar-refractivity contribution in [2.45, 2.75) is 43.4 Å². The lowest BCUT2D eigenvalue weighted by atomic mass is 9.82. The fourth-order valence-corrected chi connectivity index (χ4v) is 4.35. The average molecular weight is 408 g/mol. The molecule has 0 bridgehead atoms. The topological polar surface area (TPSA) is 32.3 Å². The minimum atomic E-state index is -4.83. The predicted molar refractivity (Wildman–Crippen MR) is 103 cm³/mol. The zero-order valence-electron chi connectivity index (χ0n) is 16.4. The molecule has 0 spiro atoms. The van der Waals surface area contributed by atoms with E-state index >= 15 is 0 Å². The van der Waals surface area contributed by atoms with Gasteiger partial charge >= 0.3 is 6.18 Å². The fraction of sp³-hybridized carbons (Fsp3) is 0.409. The minimum Gasteiger partial charge on any atom is -0.343 e. The molecule has 1 unspecified atom stereocenters. The first-order chi connectivity index (χ1) is 13.7. The second kappa shape index (κ2) is 8.14. The average Bonchev–Trinajstić information content (AvgIpc) is 3.16. The van der Waals surface area contributed by atoms with E-state index in [-0.39, 0.29) is 0 Å². The van der Waals surface area contributed by atoms with Gasteiger partial charge < -0.3 is 10.2 Å². The molecule has 1 aliphatic rings. The number of likely N-dealkylation sites (N-methyl/N-ethyl adjacent to an activating group) is 1. The Morgan fingerprint density at radius 1 is 1.03 bits per heavy atom. The van der Waals surface area contributed by atoms with Crippen molar-refractivity contribution in [2.75, 3.05) is 14.1 Å². The summed E-state index contributed by atoms with van der Waals surface area (Å²) in [7, 11) is 3.80. The van der Waals surface area contributed by atoms with Gasteiger partial charge in [-0.1, -0.05) is 49.2 Å². The Bertz CT molecular complexity index is 859. The number of nitrogens with one attached hydrogen (secondary N) is 1. The third-order valence-corrected chi connectivity index (χ3v) is 5.85. The SMILES string of the molecule is CN(C)C1(C(NC(=O)c2c(F)cccc2C(F)(F)F)c2ccccc2)CCCC1. The Morgan fingerprint density at radius 3 is 2.21 bits per heavy atom. The van der Waals surface area contributed by atoms with Gasteiger partial charge in [-0.05, 0) is 44.6 Å². The molecule has 1 saturated carbocycles. The van der Waals surface area contributed by atoms with Crippen molar-refractivity contribution in [3.63, 3.8) is 0 Å². The molecular weight excluding hydrogens is 384 g/mol.